The minimum Gasteiger partial charge on any atom is -0.449 e. The Hall–Kier alpha value is -4.17. The molecule has 0 N–H and O–H groups in total. The zero-order valence-electron chi connectivity index (χ0n) is 21.9. The Labute approximate surface area is 236 Å². The smallest absolute Gasteiger partial charge is 0.215 e. The van der Waals surface area contributed by atoms with Crippen LogP contribution in [-0.2, 0) is 9.94 Å². The van der Waals surface area contributed by atoms with E-state index in [0.717, 1.165) is 17.9 Å². The normalized spacial score (nSPS) is 22.4. The van der Waals surface area contributed by atoms with Crippen molar-refractivity contribution in [3.8, 4) is 5.75 Å². The van der Waals surface area contributed by atoms with Crippen molar-refractivity contribution in [2.75, 3.05) is 4.90 Å². The third kappa shape index (κ3) is 3.52. The lowest BCUT2D eigenvalue weighted by atomic mass is 9.70. The van der Waals surface area contributed by atoms with Crippen LogP contribution in [0.15, 0.2) is 150 Å². The Bertz CT molecular complexity index is 1670. The van der Waals surface area contributed by atoms with Gasteiger partial charge in [0.1, 0.15) is 5.75 Å². The molecular formula is C36H28NO2P. The zero-order valence-corrected chi connectivity index (χ0v) is 22.9. The standard InChI is InChI=1S/C36H28NO2P/c1-4-12-26(13-5-1)35(27-14-6-2-7-15-27)37(29-18-8-3-9-19-29)32-24-28-17-11-21-31-34(28)36(32)23-22-25-16-10-20-30(33(25)36)38-40-39-31/h1-19,21-24,30,35,40H,20H2/t30?,36-/m0/s1. The Morgan fingerprint density at radius 3 is 2.20 bits per heavy atom. The summed E-state index contributed by atoms with van der Waals surface area (Å²) in [4.78, 5) is 2.55. The molecule has 4 aliphatic rings. The van der Waals surface area contributed by atoms with Crippen LogP contribution in [0.25, 0.3) is 6.08 Å². The monoisotopic (exact) mass is 537 g/mol. The molecule has 0 aromatic heterocycles. The average Bonchev–Trinajstić information content (AvgIpc) is 3.56. The van der Waals surface area contributed by atoms with Crippen LogP contribution in [0.2, 0.25) is 0 Å². The second-order valence-corrected chi connectivity index (χ2v) is 11.2. The Morgan fingerprint density at radius 1 is 0.775 bits per heavy atom. The summed E-state index contributed by atoms with van der Waals surface area (Å²) >= 11 is 0. The molecule has 1 spiro atoms. The molecule has 0 bridgehead atoms. The first-order valence-electron chi connectivity index (χ1n) is 13.8. The first-order chi connectivity index (χ1) is 19.8. The Kier molecular flexibility index (Phi) is 5.62. The number of rotatable bonds is 5. The fraction of sp³-hybridized carbons (Fsp3) is 0.111. The van der Waals surface area contributed by atoms with E-state index in [0.29, 0.717) is 0 Å². The molecule has 3 aliphatic carbocycles. The van der Waals surface area contributed by atoms with Gasteiger partial charge >= 0.3 is 0 Å². The van der Waals surface area contributed by atoms with E-state index in [9.17, 15) is 0 Å². The molecule has 1 aliphatic heterocycles. The molecule has 0 fully saturated rings. The summed E-state index contributed by atoms with van der Waals surface area (Å²) in [6, 6.07) is 38.9. The summed E-state index contributed by atoms with van der Waals surface area (Å²) in [5, 5.41) is 0. The van der Waals surface area contributed by atoms with E-state index >= 15 is 0 Å². The molecule has 2 unspecified atom stereocenters. The van der Waals surface area contributed by atoms with Crippen LogP contribution in [0.4, 0.5) is 5.69 Å². The summed E-state index contributed by atoms with van der Waals surface area (Å²) in [6.45, 7) is 0. The quantitative estimate of drug-likeness (QED) is 0.238. The highest BCUT2D eigenvalue weighted by atomic mass is 31.1. The lowest BCUT2D eigenvalue weighted by molar-refractivity contribution is 0.233. The van der Waals surface area contributed by atoms with Gasteiger partial charge in [0.05, 0.1) is 17.6 Å². The summed E-state index contributed by atoms with van der Waals surface area (Å²) < 4.78 is 12.8. The molecule has 3 nitrogen and oxygen atoms in total. The van der Waals surface area contributed by atoms with E-state index in [4.69, 9.17) is 9.05 Å². The van der Waals surface area contributed by atoms with Crippen molar-refractivity contribution in [2.24, 2.45) is 0 Å². The van der Waals surface area contributed by atoms with Gasteiger partial charge in [-0.15, -0.1) is 0 Å². The van der Waals surface area contributed by atoms with E-state index in [1.54, 1.807) is 0 Å². The predicted octanol–water partition coefficient (Wildman–Crippen LogP) is 8.69. The summed E-state index contributed by atoms with van der Waals surface area (Å²) in [5.41, 5.74) is 9.34. The SMILES string of the molecule is C1=CC2=C3C(C1)OPOc1cccc4c1[C@@]3(C=C2)C(N(c1ccccc1)C(c1ccccc1)c1ccccc1)=C4. The van der Waals surface area contributed by atoms with Crippen molar-refractivity contribution in [3.63, 3.8) is 0 Å². The van der Waals surface area contributed by atoms with Crippen LogP contribution in [0.3, 0.4) is 0 Å². The van der Waals surface area contributed by atoms with Gasteiger partial charge in [-0.3, -0.25) is 0 Å². The van der Waals surface area contributed by atoms with Crippen LogP contribution < -0.4 is 9.42 Å². The molecule has 4 aromatic rings. The van der Waals surface area contributed by atoms with Crippen molar-refractivity contribution < 1.29 is 9.05 Å². The van der Waals surface area contributed by atoms with Crippen molar-refractivity contribution >= 4 is 20.8 Å². The lowest BCUT2D eigenvalue weighted by Crippen LogP contribution is -2.42. The van der Waals surface area contributed by atoms with E-state index in [-0.39, 0.29) is 21.2 Å². The van der Waals surface area contributed by atoms with Gasteiger partial charge in [0.25, 0.3) is 0 Å². The highest BCUT2D eigenvalue weighted by molar-refractivity contribution is 7.26. The number of anilines is 1. The fourth-order valence-corrected chi connectivity index (χ4v) is 7.56. The lowest BCUT2D eigenvalue weighted by Gasteiger charge is -2.45. The molecule has 4 heteroatoms. The Balaban J connectivity index is 1.44. The number of benzene rings is 4. The second-order valence-electron chi connectivity index (χ2n) is 10.6. The van der Waals surface area contributed by atoms with Crippen molar-refractivity contribution in [2.45, 2.75) is 24.0 Å². The first-order valence-corrected chi connectivity index (χ1v) is 14.6. The van der Waals surface area contributed by atoms with Gasteiger partial charge in [-0.2, -0.15) is 0 Å². The molecule has 0 amide bonds. The van der Waals surface area contributed by atoms with Gasteiger partial charge in [0.2, 0.25) is 9.03 Å². The number of allylic oxidation sites excluding steroid dienone is 4. The van der Waals surface area contributed by atoms with Gasteiger partial charge in [-0.1, -0.05) is 115 Å². The van der Waals surface area contributed by atoms with E-state index in [2.05, 4.69) is 144 Å². The van der Waals surface area contributed by atoms with Gasteiger partial charge in [0.15, 0.2) is 0 Å². The molecule has 3 atom stereocenters. The van der Waals surface area contributed by atoms with Gasteiger partial charge in [-0.05, 0) is 58.5 Å². The molecular weight excluding hydrogens is 509 g/mol. The maximum atomic E-state index is 6.45. The Morgan fingerprint density at radius 2 is 1.48 bits per heavy atom. The van der Waals surface area contributed by atoms with E-state index < -0.39 is 5.41 Å². The molecule has 4 aromatic carbocycles. The maximum absolute atomic E-state index is 6.45. The number of hydrogen-bond donors (Lipinski definition) is 0. The zero-order chi connectivity index (χ0) is 26.5. The first kappa shape index (κ1) is 23.7. The number of hydrogen-bond acceptors (Lipinski definition) is 3. The molecule has 0 radical (unpaired) electrons. The van der Waals surface area contributed by atoms with Crippen molar-refractivity contribution in [1.29, 1.82) is 0 Å². The van der Waals surface area contributed by atoms with Crippen LogP contribution in [-0.4, -0.2) is 6.10 Å². The van der Waals surface area contributed by atoms with E-state index in [1.807, 2.05) is 0 Å². The fourth-order valence-electron chi connectivity index (χ4n) is 6.92. The maximum Gasteiger partial charge on any atom is 0.215 e. The molecule has 194 valence electrons. The van der Waals surface area contributed by atoms with Crippen LogP contribution in [0, 0.1) is 0 Å². The average molecular weight is 538 g/mol. The van der Waals surface area contributed by atoms with E-state index in [1.165, 1.54) is 39.1 Å². The number of para-hydroxylation sites is 1. The third-order valence-electron chi connectivity index (χ3n) is 8.49. The minimum atomic E-state index is -0.501. The summed E-state index contributed by atoms with van der Waals surface area (Å²) in [5.74, 6) is 0.900. The summed E-state index contributed by atoms with van der Waals surface area (Å²) in [7, 11) is -0.0377. The molecule has 0 saturated heterocycles. The highest BCUT2D eigenvalue weighted by Gasteiger charge is 2.54. The van der Waals surface area contributed by atoms with Gasteiger partial charge < -0.3 is 13.9 Å². The van der Waals surface area contributed by atoms with Crippen molar-refractivity contribution in [1.82, 2.24) is 0 Å². The van der Waals surface area contributed by atoms with Crippen LogP contribution >= 0.6 is 9.03 Å². The highest BCUT2D eigenvalue weighted by Crippen LogP contribution is 2.61. The molecule has 0 saturated carbocycles. The number of nitrogens with zero attached hydrogens (tertiary/aromatic N) is 1. The van der Waals surface area contributed by atoms with Gasteiger partial charge in [-0.25, -0.2) is 0 Å². The molecule has 1 heterocycles. The molecule has 8 rings (SSSR count). The van der Waals surface area contributed by atoms with Gasteiger partial charge in [0, 0.05) is 16.9 Å². The van der Waals surface area contributed by atoms with Crippen molar-refractivity contribution in [3.05, 3.63) is 173 Å². The summed E-state index contributed by atoms with van der Waals surface area (Å²) in [6.07, 6.45) is 12.4. The minimum absolute atomic E-state index is 0.0377. The van der Waals surface area contributed by atoms with Crippen LogP contribution in [0.5, 0.6) is 5.75 Å². The topological polar surface area (TPSA) is 21.7 Å². The second kappa shape index (κ2) is 9.48. The van der Waals surface area contributed by atoms with Crippen LogP contribution in [0.1, 0.15) is 34.7 Å². The molecule has 40 heavy (non-hydrogen) atoms. The largest absolute Gasteiger partial charge is 0.449 e. The predicted molar refractivity (Wildman–Crippen MR) is 163 cm³/mol. The third-order valence-corrected chi connectivity index (χ3v) is 9.18.